The summed E-state index contributed by atoms with van der Waals surface area (Å²) in [6.07, 6.45) is 7.20. The van der Waals surface area contributed by atoms with Crippen molar-refractivity contribution in [3.8, 4) is 17.2 Å². The number of pyridine rings is 1. The Hall–Kier alpha value is -3.13. The van der Waals surface area contributed by atoms with Crippen LogP contribution >= 0.6 is 0 Å². The van der Waals surface area contributed by atoms with Crippen LogP contribution in [0.15, 0.2) is 42.6 Å². The van der Waals surface area contributed by atoms with E-state index in [1.54, 1.807) is 0 Å². The lowest BCUT2D eigenvalue weighted by Gasteiger charge is -2.35. The van der Waals surface area contributed by atoms with Crippen molar-refractivity contribution in [1.82, 2.24) is 4.98 Å². The van der Waals surface area contributed by atoms with Gasteiger partial charge in [-0.05, 0) is 51.2 Å². The maximum Gasteiger partial charge on any atom is 0.309 e. The van der Waals surface area contributed by atoms with E-state index in [1.165, 1.54) is 19.4 Å². The molecule has 0 bridgehead atoms. The van der Waals surface area contributed by atoms with Crippen LogP contribution in [-0.4, -0.2) is 53.4 Å². The molecule has 2 aliphatic rings. The number of benzene rings is 1. The molecule has 37 heavy (non-hydrogen) atoms. The highest BCUT2D eigenvalue weighted by Gasteiger charge is 2.37. The molecule has 0 unspecified atom stereocenters. The molecule has 1 aromatic heterocycles. The fourth-order valence-electron chi connectivity index (χ4n) is 5.22. The van der Waals surface area contributed by atoms with Crippen molar-refractivity contribution in [3.05, 3.63) is 48.3 Å². The molecule has 4 atom stereocenters. The van der Waals surface area contributed by atoms with Crippen LogP contribution in [0.2, 0.25) is 0 Å². The number of Topliss-reactive ketones (excluding diaryl/α,β-unsaturated/α-hetero) is 1. The van der Waals surface area contributed by atoms with E-state index in [1.807, 2.05) is 37.3 Å². The van der Waals surface area contributed by atoms with Crippen molar-refractivity contribution in [1.29, 1.82) is 0 Å². The second-order valence-electron chi connectivity index (χ2n) is 9.94. The number of aromatic nitrogens is 1. The summed E-state index contributed by atoms with van der Waals surface area (Å²) in [5.41, 5.74) is -0.101. The van der Waals surface area contributed by atoms with E-state index >= 15 is 0 Å². The lowest BCUT2D eigenvalue weighted by Crippen LogP contribution is -2.46. The number of methoxy groups -OCH3 is 1. The topological polar surface area (TPSA) is 104 Å². The molecule has 4 rings (SSSR count). The predicted octanol–water partition coefficient (Wildman–Crippen LogP) is 5.27. The molecule has 200 valence electrons. The Morgan fingerprint density at radius 2 is 1.76 bits per heavy atom. The molecule has 0 radical (unpaired) electrons. The van der Waals surface area contributed by atoms with E-state index in [4.69, 9.17) is 18.9 Å². The lowest BCUT2D eigenvalue weighted by molar-refractivity contribution is -0.173. The zero-order chi connectivity index (χ0) is 26.2. The van der Waals surface area contributed by atoms with Crippen LogP contribution in [0, 0.1) is 5.92 Å². The number of para-hydroxylation sites is 1. The highest BCUT2D eigenvalue weighted by molar-refractivity contribution is 5.99. The Bertz CT molecular complexity index is 1040. The van der Waals surface area contributed by atoms with Crippen LogP contribution in [0.5, 0.6) is 17.2 Å². The Kier molecular flexibility index (Phi) is 9.39. The van der Waals surface area contributed by atoms with Gasteiger partial charge in [-0.15, -0.1) is 0 Å². The molecule has 2 aromatic rings. The van der Waals surface area contributed by atoms with Gasteiger partial charge in [0.1, 0.15) is 24.1 Å². The second-order valence-corrected chi connectivity index (χ2v) is 9.94. The molecule has 0 spiro atoms. The van der Waals surface area contributed by atoms with Gasteiger partial charge >= 0.3 is 5.97 Å². The van der Waals surface area contributed by atoms with Gasteiger partial charge in [-0.3, -0.25) is 9.59 Å². The summed E-state index contributed by atoms with van der Waals surface area (Å²) >= 11 is 0. The number of carbonyl (C=O) groups is 2. The number of nitrogens with zero attached hydrogens (tertiary/aromatic N) is 1. The van der Waals surface area contributed by atoms with E-state index in [0.717, 1.165) is 50.7 Å². The van der Waals surface area contributed by atoms with Crippen LogP contribution in [0.3, 0.4) is 0 Å². The van der Waals surface area contributed by atoms with Crippen LogP contribution in [0.4, 0.5) is 0 Å². The van der Waals surface area contributed by atoms with Gasteiger partial charge in [0, 0.05) is 18.7 Å². The Morgan fingerprint density at radius 1 is 1.05 bits per heavy atom. The number of aromatic hydroxyl groups is 1. The Balaban J connectivity index is 1.50. The first-order chi connectivity index (χ1) is 18.0. The van der Waals surface area contributed by atoms with Crippen molar-refractivity contribution in [2.45, 2.75) is 89.1 Å². The standard InChI is InChI=1S/C29H37NO7/c1-19-28(37-22-13-7-8-14-22)25(36-21-11-4-3-5-12-21)15-9-6-10-20(29(33)35-19)18-23(31)26-27(32)24(34-2)16-17-30-26/h3-5,11-12,16-17,19-20,22,25,28,32H,6-10,13-15,18H2,1-2H3/t19-,20+,25-,28-/m0/s1. The average molecular weight is 512 g/mol. The number of carbonyl (C=O) groups excluding carboxylic acids is 2. The Labute approximate surface area is 218 Å². The van der Waals surface area contributed by atoms with E-state index in [-0.39, 0.29) is 35.8 Å². The first-order valence-corrected chi connectivity index (χ1v) is 13.3. The molecular weight excluding hydrogens is 474 g/mol. The minimum Gasteiger partial charge on any atom is -0.503 e. The Morgan fingerprint density at radius 3 is 2.49 bits per heavy atom. The van der Waals surface area contributed by atoms with Crippen LogP contribution < -0.4 is 9.47 Å². The van der Waals surface area contributed by atoms with Gasteiger partial charge in [-0.2, -0.15) is 0 Å². The number of cyclic esters (lactones) is 1. The molecule has 1 aliphatic heterocycles. The minimum absolute atomic E-state index is 0.0998. The van der Waals surface area contributed by atoms with E-state index in [2.05, 4.69) is 4.98 Å². The van der Waals surface area contributed by atoms with Crippen molar-refractivity contribution in [2.24, 2.45) is 5.92 Å². The number of hydrogen-bond donors (Lipinski definition) is 1. The molecule has 1 aromatic carbocycles. The molecule has 1 aliphatic carbocycles. The molecule has 2 heterocycles. The fourth-order valence-corrected chi connectivity index (χ4v) is 5.22. The highest BCUT2D eigenvalue weighted by Crippen LogP contribution is 2.32. The molecule has 1 saturated heterocycles. The largest absolute Gasteiger partial charge is 0.503 e. The van der Waals surface area contributed by atoms with Gasteiger partial charge in [-0.1, -0.05) is 37.5 Å². The SMILES string of the molecule is COc1ccnc(C(=O)C[C@H]2CCCC[C@H](Oc3ccccc3)[C@@H](OC3CCCC3)[C@H](C)OC2=O)c1O. The average Bonchev–Trinajstić information content (AvgIpc) is 3.42. The summed E-state index contributed by atoms with van der Waals surface area (Å²) in [6, 6.07) is 11.1. The van der Waals surface area contributed by atoms with E-state index in [0.29, 0.717) is 6.42 Å². The maximum atomic E-state index is 13.3. The third-order valence-corrected chi connectivity index (χ3v) is 7.24. The van der Waals surface area contributed by atoms with Gasteiger partial charge in [0.2, 0.25) is 0 Å². The van der Waals surface area contributed by atoms with Crippen LogP contribution in [0.1, 0.15) is 75.2 Å². The van der Waals surface area contributed by atoms with Crippen molar-refractivity contribution in [3.63, 3.8) is 0 Å². The number of ketones is 1. The lowest BCUT2D eigenvalue weighted by atomic mass is 9.92. The number of ether oxygens (including phenoxy) is 4. The maximum absolute atomic E-state index is 13.3. The minimum atomic E-state index is -0.638. The quantitative estimate of drug-likeness (QED) is 0.378. The van der Waals surface area contributed by atoms with E-state index < -0.39 is 29.9 Å². The van der Waals surface area contributed by atoms with Gasteiger partial charge in [0.15, 0.2) is 23.0 Å². The molecule has 1 N–H and O–H groups in total. The first-order valence-electron chi connectivity index (χ1n) is 13.3. The van der Waals surface area contributed by atoms with Gasteiger partial charge in [0.25, 0.3) is 0 Å². The third kappa shape index (κ3) is 7.01. The van der Waals surface area contributed by atoms with Gasteiger partial charge < -0.3 is 24.1 Å². The molecule has 8 heteroatoms. The number of hydrogen-bond acceptors (Lipinski definition) is 8. The van der Waals surface area contributed by atoms with Crippen LogP contribution in [-0.2, 0) is 14.3 Å². The zero-order valence-corrected chi connectivity index (χ0v) is 21.6. The molecule has 8 nitrogen and oxygen atoms in total. The summed E-state index contributed by atoms with van der Waals surface area (Å²) in [5, 5.41) is 10.3. The van der Waals surface area contributed by atoms with Crippen LogP contribution in [0.25, 0.3) is 0 Å². The van der Waals surface area contributed by atoms with Crippen molar-refractivity contribution < 1.29 is 33.6 Å². The van der Waals surface area contributed by atoms with E-state index in [9.17, 15) is 14.7 Å². The molecule has 2 fully saturated rings. The number of esters is 1. The van der Waals surface area contributed by atoms with Gasteiger partial charge in [0.05, 0.1) is 19.1 Å². The zero-order valence-electron chi connectivity index (χ0n) is 21.6. The summed E-state index contributed by atoms with van der Waals surface area (Å²) in [6.45, 7) is 1.84. The molecular formula is C29H37NO7. The predicted molar refractivity (Wildman–Crippen MR) is 137 cm³/mol. The molecule has 1 saturated carbocycles. The summed E-state index contributed by atoms with van der Waals surface area (Å²) in [4.78, 5) is 30.3. The van der Waals surface area contributed by atoms with Crippen molar-refractivity contribution in [2.75, 3.05) is 7.11 Å². The first kappa shape index (κ1) is 26.9. The summed E-state index contributed by atoms with van der Waals surface area (Å²) in [7, 11) is 1.40. The summed E-state index contributed by atoms with van der Waals surface area (Å²) in [5.74, 6) is -0.895. The third-order valence-electron chi connectivity index (χ3n) is 7.24. The fraction of sp³-hybridized carbons (Fsp3) is 0.552. The van der Waals surface area contributed by atoms with Gasteiger partial charge in [-0.25, -0.2) is 4.98 Å². The number of rotatable bonds is 8. The highest BCUT2D eigenvalue weighted by atomic mass is 16.6. The second kappa shape index (κ2) is 12.9. The monoisotopic (exact) mass is 511 g/mol. The molecule has 0 amide bonds. The summed E-state index contributed by atoms with van der Waals surface area (Å²) < 4.78 is 23.9. The smallest absolute Gasteiger partial charge is 0.309 e. The normalized spacial score (nSPS) is 25.3. The van der Waals surface area contributed by atoms with Crippen molar-refractivity contribution >= 4 is 11.8 Å².